The van der Waals surface area contributed by atoms with Crippen LogP contribution in [0.25, 0.3) is 5.69 Å². The van der Waals surface area contributed by atoms with Crippen molar-refractivity contribution >= 4 is 11.7 Å². The van der Waals surface area contributed by atoms with E-state index in [1.165, 1.54) is 10.7 Å². The zero-order chi connectivity index (χ0) is 21.2. The predicted octanol–water partition coefficient (Wildman–Crippen LogP) is 4.27. The van der Waals surface area contributed by atoms with Crippen molar-refractivity contribution in [1.82, 2.24) is 14.7 Å². The molecule has 2 heterocycles. The first-order chi connectivity index (χ1) is 14.4. The number of para-hydroxylation sites is 1. The molecule has 0 spiro atoms. The molecule has 5 nitrogen and oxygen atoms in total. The summed E-state index contributed by atoms with van der Waals surface area (Å²) in [6.07, 6.45) is -3.35. The van der Waals surface area contributed by atoms with E-state index in [9.17, 15) is 18.0 Å². The summed E-state index contributed by atoms with van der Waals surface area (Å²) in [6, 6.07) is 19.9. The van der Waals surface area contributed by atoms with Gasteiger partial charge in [-0.25, -0.2) is 4.68 Å². The molecular weight excluding hydrogens is 393 g/mol. The molecule has 4 rings (SSSR count). The molecule has 1 aliphatic rings. The van der Waals surface area contributed by atoms with Gasteiger partial charge in [0, 0.05) is 25.4 Å². The van der Waals surface area contributed by atoms with Crippen molar-refractivity contribution in [1.29, 1.82) is 0 Å². The number of halogens is 3. The van der Waals surface area contributed by atoms with Crippen LogP contribution in [-0.2, 0) is 11.3 Å². The number of carbonyl (C=O) groups is 1. The lowest BCUT2D eigenvalue weighted by Crippen LogP contribution is -2.50. The van der Waals surface area contributed by atoms with Gasteiger partial charge in [-0.15, -0.1) is 0 Å². The van der Waals surface area contributed by atoms with Crippen LogP contribution in [0.3, 0.4) is 0 Å². The van der Waals surface area contributed by atoms with Crippen LogP contribution in [0.5, 0.6) is 0 Å². The van der Waals surface area contributed by atoms with Crippen LogP contribution < -0.4 is 5.32 Å². The van der Waals surface area contributed by atoms with Crippen LogP contribution >= 0.6 is 0 Å². The molecule has 0 saturated carbocycles. The molecular formula is C22H21F3N4O. The molecule has 1 aromatic heterocycles. The van der Waals surface area contributed by atoms with Crippen molar-refractivity contribution in [2.75, 3.05) is 18.4 Å². The minimum absolute atomic E-state index is 0.0917. The lowest BCUT2D eigenvalue weighted by molar-refractivity contribution is -0.215. The van der Waals surface area contributed by atoms with E-state index in [2.05, 4.69) is 10.4 Å². The van der Waals surface area contributed by atoms with Gasteiger partial charge in [-0.3, -0.25) is 9.69 Å². The van der Waals surface area contributed by atoms with E-state index in [1.807, 2.05) is 60.7 Å². The van der Waals surface area contributed by atoms with Gasteiger partial charge in [0.25, 0.3) is 0 Å². The number of hydrogen-bond donors (Lipinski definition) is 1. The fourth-order valence-electron chi connectivity index (χ4n) is 3.76. The van der Waals surface area contributed by atoms with E-state index in [0.29, 0.717) is 6.54 Å². The van der Waals surface area contributed by atoms with Crippen LogP contribution in [0.1, 0.15) is 12.0 Å². The fraction of sp³-hybridized carbons (Fsp3) is 0.273. The summed E-state index contributed by atoms with van der Waals surface area (Å²) in [5.74, 6) is -0.974. The number of nitrogens with zero attached hydrogens (tertiary/aromatic N) is 3. The van der Waals surface area contributed by atoms with Crippen molar-refractivity contribution in [2.24, 2.45) is 5.41 Å². The van der Waals surface area contributed by atoms with Crippen LogP contribution in [0.4, 0.5) is 19.0 Å². The monoisotopic (exact) mass is 414 g/mol. The Morgan fingerprint density at radius 1 is 1.03 bits per heavy atom. The van der Waals surface area contributed by atoms with E-state index in [1.54, 1.807) is 11.1 Å². The smallest absolute Gasteiger partial charge is 0.308 e. The van der Waals surface area contributed by atoms with Gasteiger partial charge in [-0.05, 0) is 30.7 Å². The Kier molecular flexibility index (Phi) is 5.34. The first-order valence-electron chi connectivity index (χ1n) is 9.63. The third-order valence-electron chi connectivity index (χ3n) is 5.43. The van der Waals surface area contributed by atoms with Gasteiger partial charge in [0.15, 0.2) is 11.2 Å². The van der Waals surface area contributed by atoms with E-state index in [0.717, 1.165) is 11.3 Å². The standard InChI is InChI=1S/C22H21F3N4O/c23-22(24,25)21(12-14-28(16-21)15-17-7-3-1-4-8-17)20(30)26-19-11-13-29(27-19)18-9-5-2-6-10-18/h1-11,13H,12,14-16H2,(H,26,27,30). The Morgan fingerprint density at radius 3 is 2.37 bits per heavy atom. The van der Waals surface area contributed by atoms with Gasteiger partial charge in [0.1, 0.15) is 0 Å². The van der Waals surface area contributed by atoms with Gasteiger partial charge in [-0.2, -0.15) is 18.3 Å². The molecule has 0 aliphatic carbocycles. The maximum Gasteiger partial charge on any atom is 0.404 e. The molecule has 1 atom stereocenters. The molecule has 1 saturated heterocycles. The quantitative estimate of drug-likeness (QED) is 0.679. The van der Waals surface area contributed by atoms with Crippen molar-refractivity contribution in [2.45, 2.75) is 19.1 Å². The maximum atomic E-state index is 14.0. The fourth-order valence-corrected chi connectivity index (χ4v) is 3.76. The normalized spacial score (nSPS) is 19.7. The molecule has 3 aromatic rings. The molecule has 0 radical (unpaired) electrons. The predicted molar refractivity (Wildman–Crippen MR) is 107 cm³/mol. The molecule has 1 N–H and O–H groups in total. The van der Waals surface area contributed by atoms with Gasteiger partial charge >= 0.3 is 6.18 Å². The molecule has 1 aliphatic heterocycles. The molecule has 1 fully saturated rings. The summed E-state index contributed by atoms with van der Waals surface area (Å²) in [5.41, 5.74) is -0.797. The average Bonchev–Trinajstić information content (AvgIpc) is 3.37. The zero-order valence-electron chi connectivity index (χ0n) is 16.1. The van der Waals surface area contributed by atoms with Crippen molar-refractivity contribution in [3.8, 4) is 5.69 Å². The number of amides is 1. The largest absolute Gasteiger partial charge is 0.404 e. The summed E-state index contributed by atoms with van der Waals surface area (Å²) in [4.78, 5) is 14.5. The lowest BCUT2D eigenvalue weighted by atomic mass is 9.85. The van der Waals surface area contributed by atoms with E-state index in [4.69, 9.17) is 0 Å². The van der Waals surface area contributed by atoms with Gasteiger partial charge in [-0.1, -0.05) is 48.5 Å². The van der Waals surface area contributed by atoms with Crippen LogP contribution in [0, 0.1) is 5.41 Å². The molecule has 30 heavy (non-hydrogen) atoms. The number of rotatable bonds is 5. The van der Waals surface area contributed by atoms with Crippen molar-refractivity contribution in [3.05, 3.63) is 78.5 Å². The van der Waals surface area contributed by atoms with Gasteiger partial charge in [0.2, 0.25) is 5.91 Å². The van der Waals surface area contributed by atoms with Crippen LogP contribution in [-0.4, -0.2) is 39.9 Å². The molecule has 8 heteroatoms. The Balaban J connectivity index is 1.50. The minimum Gasteiger partial charge on any atom is -0.308 e. The maximum absolute atomic E-state index is 14.0. The topological polar surface area (TPSA) is 50.2 Å². The summed E-state index contributed by atoms with van der Waals surface area (Å²) >= 11 is 0. The summed E-state index contributed by atoms with van der Waals surface area (Å²) in [5, 5.41) is 6.58. The summed E-state index contributed by atoms with van der Waals surface area (Å²) in [7, 11) is 0. The third-order valence-corrected chi connectivity index (χ3v) is 5.43. The number of likely N-dealkylation sites (tertiary alicyclic amines) is 1. The summed E-state index contributed by atoms with van der Waals surface area (Å²) in [6.45, 7) is 0.186. The molecule has 1 unspecified atom stereocenters. The average molecular weight is 414 g/mol. The Hall–Kier alpha value is -3.13. The highest BCUT2D eigenvalue weighted by Crippen LogP contribution is 2.46. The van der Waals surface area contributed by atoms with E-state index >= 15 is 0 Å². The number of alkyl halides is 3. The minimum atomic E-state index is -4.66. The van der Waals surface area contributed by atoms with Crippen molar-refractivity contribution < 1.29 is 18.0 Å². The second kappa shape index (κ2) is 7.95. The highest BCUT2D eigenvalue weighted by atomic mass is 19.4. The number of hydrogen-bond acceptors (Lipinski definition) is 3. The molecule has 1 amide bonds. The molecule has 2 aromatic carbocycles. The second-order valence-corrected chi connectivity index (χ2v) is 7.46. The lowest BCUT2D eigenvalue weighted by Gasteiger charge is -2.30. The molecule has 0 bridgehead atoms. The van der Waals surface area contributed by atoms with Crippen molar-refractivity contribution in [3.63, 3.8) is 0 Å². The number of nitrogens with one attached hydrogen (secondary N) is 1. The number of carbonyl (C=O) groups excluding carboxylic acids is 1. The second-order valence-electron chi connectivity index (χ2n) is 7.46. The Labute approximate surface area is 172 Å². The first kappa shape index (κ1) is 20.2. The number of benzene rings is 2. The number of aromatic nitrogens is 2. The summed E-state index contributed by atoms with van der Waals surface area (Å²) < 4.78 is 43.6. The SMILES string of the molecule is O=C(Nc1ccn(-c2ccccc2)n1)C1(C(F)(F)F)CCN(Cc2ccccc2)C1. The van der Waals surface area contributed by atoms with Crippen LogP contribution in [0.15, 0.2) is 72.9 Å². The zero-order valence-corrected chi connectivity index (χ0v) is 16.1. The van der Waals surface area contributed by atoms with E-state index in [-0.39, 0.29) is 25.3 Å². The van der Waals surface area contributed by atoms with E-state index < -0.39 is 17.5 Å². The number of anilines is 1. The van der Waals surface area contributed by atoms with Gasteiger partial charge < -0.3 is 5.32 Å². The highest BCUT2D eigenvalue weighted by molar-refractivity contribution is 5.95. The molecule has 156 valence electrons. The highest BCUT2D eigenvalue weighted by Gasteiger charge is 2.63. The first-order valence-corrected chi connectivity index (χ1v) is 9.63. The Morgan fingerprint density at radius 2 is 1.70 bits per heavy atom. The Bertz CT molecular complexity index is 1000. The third kappa shape index (κ3) is 3.95. The van der Waals surface area contributed by atoms with Crippen LogP contribution in [0.2, 0.25) is 0 Å². The van der Waals surface area contributed by atoms with Gasteiger partial charge in [0.05, 0.1) is 5.69 Å².